The Kier molecular flexibility index (Phi) is 6.83. The number of carbonyl (C=O) groups excluding carboxylic acids is 2. The molecule has 0 bridgehead atoms. The summed E-state index contributed by atoms with van der Waals surface area (Å²) in [5.41, 5.74) is 3.30. The first kappa shape index (κ1) is 18.5. The fraction of sp³-hybridized carbons (Fsp3) is 0.600. The van der Waals surface area contributed by atoms with E-state index in [9.17, 15) is 9.59 Å². The Hall–Kier alpha value is -1.84. The molecule has 2 rings (SSSR count). The molecular formula is C20H30N2O2. The van der Waals surface area contributed by atoms with E-state index in [-0.39, 0.29) is 11.8 Å². The van der Waals surface area contributed by atoms with Crippen molar-refractivity contribution >= 4 is 17.5 Å². The molecule has 24 heavy (non-hydrogen) atoms. The van der Waals surface area contributed by atoms with Gasteiger partial charge in [0.25, 0.3) is 0 Å². The second-order valence-electron chi connectivity index (χ2n) is 6.61. The first-order chi connectivity index (χ1) is 11.6. The molecule has 0 aliphatic heterocycles. The van der Waals surface area contributed by atoms with E-state index >= 15 is 0 Å². The summed E-state index contributed by atoms with van der Waals surface area (Å²) < 4.78 is 0. The number of amides is 2. The predicted molar refractivity (Wildman–Crippen MR) is 98.1 cm³/mol. The van der Waals surface area contributed by atoms with Crippen molar-refractivity contribution in [3.05, 3.63) is 29.3 Å². The molecule has 4 heteroatoms. The number of benzene rings is 1. The van der Waals surface area contributed by atoms with Gasteiger partial charge in [0.1, 0.15) is 0 Å². The summed E-state index contributed by atoms with van der Waals surface area (Å²) in [6.45, 7) is 6.32. The molecule has 1 aliphatic rings. The van der Waals surface area contributed by atoms with E-state index in [2.05, 4.69) is 31.3 Å². The Labute approximate surface area is 145 Å². The highest BCUT2D eigenvalue weighted by Crippen LogP contribution is 2.25. The summed E-state index contributed by atoms with van der Waals surface area (Å²) >= 11 is 0. The van der Waals surface area contributed by atoms with Gasteiger partial charge in [-0.25, -0.2) is 0 Å². The van der Waals surface area contributed by atoms with E-state index in [0.29, 0.717) is 19.0 Å². The lowest BCUT2D eigenvalue weighted by Crippen LogP contribution is -2.39. The average molecular weight is 330 g/mol. The number of hydrogen-bond acceptors (Lipinski definition) is 2. The lowest BCUT2D eigenvalue weighted by molar-refractivity contribution is -0.131. The molecule has 0 spiro atoms. The van der Waals surface area contributed by atoms with Crippen LogP contribution < -0.4 is 5.32 Å². The molecule has 132 valence electrons. The van der Waals surface area contributed by atoms with Crippen molar-refractivity contribution < 1.29 is 9.59 Å². The predicted octanol–water partition coefficient (Wildman–Crippen LogP) is 3.93. The van der Waals surface area contributed by atoms with E-state index in [1.54, 1.807) is 6.92 Å². The monoisotopic (exact) mass is 330 g/mol. The number of nitrogens with zero attached hydrogens (tertiary/aromatic N) is 1. The van der Waals surface area contributed by atoms with Crippen molar-refractivity contribution in [2.24, 2.45) is 0 Å². The Morgan fingerprint density at radius 1 is 1.12 bits per heavy atom. The van der Waals surface area contributed by atoms with Crippen LogP contribution in [0.4, 0.5) is 5.69 Å². The van der Waals surface area contributed by atoms with Crippen molar-refractivity contribution in [1.29, 1.82) is 0 Å². The van der Waals surface area contributed by atoms with Crippen LogP contribution in [0.2, 0.25) is 0 Å². The fourth-order valence-corrected chi connectivity index (χ4v) is 3.64. The minimum Gasteiger partial charge on any atom is -0.339 e. The van der Waals surface area contributed by atoms with Gasteiger partial charge >= 0.3 is 0 Å². The standard InChI is InChI=1S/C20H30N2O2/c1-4-16-9-8-10-17(5-2)20(16)21-19(24)13-14-22(15(3)23)18-11-6-7-12-18/h8-10,18H,4-7,11-14H2,1-3H3,(H,21,24). The van der Waals surface area contributed by atoms with E-state index in [1.165, 1.54) is 24.0 Å². The van der Waals surface area contributed by atoms with Gasteiger partial charge in [-0.1, -0.05) is 44.9 Å². The Morgan fingerprint density at radius 2 is 1.71 bits per heavy atom. The topological polar surface area (TPSA) is 49.4 Å². The van der Waals surface area contributed by atoms with Crippen molar-refractivity contribution in [1.82, 2.24) is 4.90 Å². The Balaban J connectivity index is 1.99. The van der Waals surface area contributed by atoms with Gasteiger partial charge in [-0.2, -0.15) is 0 Å². The average Bonchev–Trinajstić information content (AvgIpc) is 3.09. The summed E-state index contributed by atoms with van der Waals surface area (Å²) in [4.78, 5) is 26.2. The molecule has 1 N–H and O–H groups in total. The maximum Gasteiger partial charge on any atom is 0.226 e. The number of para-hydroxylation sites is 1. The second-order valence-corrected chi connectivity index (χ2v) is 6.61. The summed E-state index contributed by atoms with van der Waals surface area (Å²) in [5.74, 6) is 0.0766. The molecule has 2 amide bonds. The molecule has 1 aromatic rings. The molecule has 4 nitrogen and oxygen atoms in total. The van der Waals surface area contributed by atoms with Crippen LogP contribution in [0.1, 0.15) is 64.0 Å². The highest BCUT2D eigenvalue weighted by Gasteiger charge is 2.24. The Bertz CT molecular complexity index is 555. The maximum absolute atomic E-state index is 12.4. The van der Waals surface area contributed by atoms with Gasteiger partial charge in [0, 0.05) is 31.6 Å². The Morgan fingerprint density at radius 3 is 2.21 bits per heavy atom. The first-order valence-corrected chi connectivity index (χ1v) is 9.24. The molecule has 1 aromatic carbocycles. The highest BCUT2D eigenvalue weighted by molar-refractivity contribution is 5.92. The number of rotatable bonds is 7. The second kappa shape index (κ2) is 8.86. The molecule has 1 aliphatic carbocycles. The molecule has 1 fully saturated rings. The van der Waals surface area contributed by atoms with Crippen molar-refractivity contribution in [3.8, 4) is 0 Å². The zero-order valence-electron chi connectivity index (χ0n) is 15.2. The third kappa shape index (κ3) is 4.59. The number of nitrogens with one attached hydrogen (secondary N) is 1. The molecule has 0 saturated heterocycles. The number of anilines is 1. The molecule has 0 aromatic heterocycles. The van der Waals surface area contributed by atoms with Crippen LogP contribution in [-0.2, 0) is 22.4 Å². The van der Waals surface area contributed by atoms with Crippen molar-refractivity contribution in [3.63, 3.8) is 0 Å². The lowest BCUT2D eigenvalue weighted by Gasteiger charge is -2.27. The van der Waals surface area contributed by atoms with Gasteiger partial charge in [-0.3, -0.25) is 9.59 Å². The summed E-state index contributed by atoms with van der Waals surface area (Å²) in [5, 5.41) is 3.09. The van der Waals surface area contributed by atoms with Crippen LogP contribution in [0.3, 0.4) is 0 Å². The van der Waals surface area contributed by atoms with Crippen molar-refractivity contribution in [2.75, 3.05) is 11.9 Å². The minimum absolute atomic E-state index is 0.00477. The van der Waals surface area contributed by atoms with E-state index in [4.69, 9.17) is 0 Å². The summed E-state index contributed by atoms with van der Waals surface area (Å²) in [7, 11) is 0. The lowest BCUT2D eigenvalue weighted by atomic mass is 10.0. The third-order valence-electron chi connectivity index (χ3n) is 5.01. The zero-order chi connectivity index (χ0) is 17.5. The normalized spacial score (nSPS) is 14.6. The van der Waals surface area contributed by atoms with Crippen LogP contribution in [-0.4, -0.2) is 29.3 Å². The minimum atomic E-state index is -0.00477. The SMILES string of the molecule is CCc1cccc(CC)c1NC(=O)CCN(C(C)=O)C1CCCC1. The number of aryl methyl sites for hydroxylation is 2. The summed E-state index contributed by atoms with van der Waals surface area (Å²) in [6.07, 6.45) is 6.65. The number of carbonyl (C=O) groups is 2. The summed E-state index contributed by atoms with van der Waals surface area (Å²) in [6, 6.07) is 6.50. The molecule has 0 unspecified atom stereocenters. The van der Waals surface area contributed by atoms with E-state index < -0.39 is 0 Å². The van der Waals surface area contributed by atoms with Crippen LogP contribution in [0.5, 0.6) is 0 Å². The molecule has 1 saturated carbocycles. The van der Waals surface area contributed by atoms with Crippen LogP contribution >= 0.6 is 0 Å². The molecular weight excluding hydrogens is 300 g/mol. The number of hydrogen-bond donors (Lipinski definition) is 1. The quantitative estimate of drug-likeness (QED) is 0.823. The third-order valence-corrected chi connectivity index (χ3v) is 5.01. The van der Waals surface area contributed by atoms with Gasteiger partial charge in [-0.15, -0.1) is 0 Å². The van der Waals surface area contributed by atoms with Crippen LogP contribution in [0.25, 0.3) is 0 Å². The largest absolute Gasteiger partial charge is 0.339 e. The zero-order valence-corrected chi connectivity index (χ0v) is 15.2. The smallest absolute Gasteiger partial charge is 0.226 e. The van der Waals surface area contributed by atoms with E-state index in [0.717, 1.165) is 31.4 Å². The molecule has 0 radical (unpaired) electrons. The molecule has 0 heterocycles. The fourth-order valence-electron chi connectivity index (χ4n) is 3.64. The van der Waals surface area contributed by atoms with Crippen molar-refractivity contribution in [2.45, 2.75) is 71.8 Å². The maximum atomic E-state index is 12.4. The van der Waals surface area contributed by atoms with Gasteiger partial charge in [0.15, 0.2) is 0 Å². The first-order valence-electron chi connectivity index (χ1n) is 9.24. The van der Waals surface area contributed by atoms with Crippen LogP contribution in [0, 0.1) is 0 Å². The van der Waals surface area contributed by atoms with Gasteiger partial charge in [0.05, 0.1) is 0 Å². The van der Waals surface area contributed by atoms with Gasteiger partial charge in [0.2, 0.25) is 11.8 Å². The highest BCUT2D eigenvalue weighted by atomic mass is 16.2. The van der Waals surface area contributed by atoms with Gasteiger partial charge < -0.3 is 10.2 Å². The molecule has 0 atom stereocenters. The van der Waals surface area contributed by atoms with E-state index in [1.807, 2.05) is 11.0 Å². The van der Waals surface area contributed by atoms with Crippen LogP contribution in [0.15, 0.2) is 18.2 Å². The van der Waals surface area contributed by atoms with Gasteiger partial charge in [-0.05, 0) is 36.8 Å².